The van der Waals surface area contributed by atoms with Gasteiger partial charge in [0.1, 0.15) is 17.1 Å². The first kappa shape index (κ1) is 25.4. The van der Waals surface area contributed by atoms with Crippen molar-refractivity contribution in [3.05, 3.63) is 53.0 Å². The maximum Gasteiger partial charge on any atom is 0.214 e. The van der Waals surface area contributed by atoms with Crippen molar-refractivity contribution in [2.75, 3.05) is 7.11 Å². The number of methoxy groups -OCH3 is 1. The van der Waals surface area contributed by atoms with E-state index in [4.69, 9.17) is 14.9 Å². The van der Waals surface area contributed by atoms with Gasteiger partial charge >= 0.3 is 0 Å². The van der Waals surface area contributed by atoms with E-state index in [1.54, 1.807) is 11.9 Å². The summed E-state index contributed by atoms with van der Waals surface area (Å²) in [6.45, 7) is 7.81. The molecule has 0 saturated heterocycles. The molecule has 0 radical (unpaired) electrons. The van der Waals surface area contributed by atoms with Gasteiger partial charge in [-0.15, -0.1) is 0 Å². The fourth-order valence-electron chi connectivity index (χ4n) is 3.13. The number of sulfonamides is 1. The molecule has 1 fully saturated rings. The average molecular weight is 536 g/mol. The molecule has 1 aliphatic rings. The third-order valence-electron chi connectivity index (χ3n) is 4.92. The van der Waals surface area contributed by atoms with Crippen LogP contribution >= 0.6 is 15.9 Å². The maximum absolute atomic E-state index is 11.1. The predicted molar refractivity (Wildman–Crippen MR) is 136 cm³/mol. The number of aromatic nitrogens is 3. The fourth-order valence-corrected chi connectivity index (χ4v) is 5.14. The lowest BCUT2D eigenvalue weighted by Gasteiger charge is -2.07. The molecule has 4 rings (SSSR count). The molecule has 1 N–H and O–H groups in total. The molecule has 0 aliphatic heterocycles. The summed E-state index contributed by atoms with van der Waals surface area (Å²) in [6.07, 6.45) is 1.67. The van der Waals surface area contributed by atoms with Crippen LogP contribution in [0.5, 0.6) is 5.75 Å². The summed E-state index contributed by atoms with van der Waals surface area (Å²) < 4.78 is 31.0. The number of benzene rings is 2. The largest absolute Gasteiger partial charge is 0.497 e. The van der Waals surface area contributed by atoms with Crippen LogP contribution in [0.15, 0.2) is 53.0 Å². The Morgan fingerprint density at radius 1 is 1.00 bits per heavy atom. The Hall–Kier alpha value is -2.23. The molecule has 0 unspecified atom stereocenters. The van der Waals surface area contributed by atoms with Gasteiger partial charge in [0, 0.05) is 21.6 Å². The van der Waals surface area contributed by atoms with Crippen LogP contribution in [0.2, 0.25) is 0 Å². The van der Waals surface area contributed by atoms with Crippen LogP contribution in [0.25, 0.3) is 22.5 Å². The lowest BCUT2D eigenvalue weighted by atomic mass is 10.1. The normalized spacial score (nSPS) is 13.7. The van der Waals surface area contributed by atoms with Gasteiger partial charge < -0.3 is 4.74 Å². The zero-order chi connectivity index (χ0) is 24.2. The highest BCUT2D eigenvalue weighted by atomic mass is 79.9. The molecule has 0 atom stereocenters. The Balaban J connectivity index is 0.000000257. The van der Waals surface area contributed by atoms with Crippen molar-refractivity contribution >= 4 is 26.0 Å². The maximum atomic E-state index is 11.1. The number of nitrogens with one attached hydrogen (secondary N) is 1. The van der Waals surface area contributed by atoms with E-state index in [0.29, 0.717) is 0 Å². The average Bonchev–Trinajstić information content (AvgIpc) is 3.53. The molecule has 0 amide bonds. The summed E-state index contributed by atoms with van der Waals surface area (Å²) in [5.74, 6) is 0.828. The number of hydrogen-bond acceptors (Lipinski definition) is 5. The van der Waals surface area contributed by atoms with Crippen molar-refractivity contribution < 1.29 is 13.2 Å². The van der Waals surface area contributed by atoms with Crippen molar-refractivity contribution in [3.8, 4) is 28.3 Å². The summed E-state index contributed by atoms with van der Waals surface area (Å²) in [5, 5.41) is 9.30. The molecule has 0 bridgehead atoms. The van der Waals surface area contributed by atoms with Crippen LogP contribution < -0.4 is 9.46 Å². The SMILES string of the molecule is CC(C)NS(=O)(=O)C1CC1.COc1ccc(-c2nn(C(C)C)nc2-c2cccc(Br)c2)cc1. The molecule has 33 heavy (non-hydrogen) atoms. The van der Waals surface area contributed by atoms with Crippen molar-refractivity contribution in [3.63, 3.8) is 0 Å². The van der Waals surface area contributed by atoms with E-state index < -0.39 is 10.0 Å². The van der Waals surface area contributed by atoms with Gasteiger partial charge in [-0.05, 0) is 76.9 Å². The Kier molecular flexibility index (Phi) is 8.31. The van der Waals surface area contributed by atoms with E-state index in [1.807, 2.05) is 56.3 Å². The van der Waals surface area contributed by atoms with E-state index in [-0.39, 0.29) is 17.3 Å². The quantitative estimate of drug-likeness (QED) is 0.436. The molecule has 7 nitrogen and oxygen atoms in total. The molecule has 1 aromatic heterocycles. The van der Waals surface area contributed by atoms with Crippen molar-refractivity contribution in [2.45, 2.75) is 57.9 Å². The van der Waals surface area contributed by atoms with Crippen LogP contribution in [0.4, 0.5) is 0 Å². The van der Waals surface area contributed by atoms with E-state index in [0.717, 1.165) is 45.6 Å². The summed E-state index contributed by atoms with van der Waals surface area (Å²) in [4.78, 5) is 1.76. The Bertz CT molecular complexity index is 1170. The van der Waals surface area contributed by atoms with Crippen LogP contribution in [0, 0.1) is 0 Å². The molecule has 1 heterocycles. The van der Waals surface area contributed by atoms with Gasteiger partial charge in [-0.25, -0.2) is 13.1 Å². The molecule has 1 aliphatic carbocycles. The number of halogens is 1. The van der Waals surface area contributed by atoms with Crippen LogP contribution in [-0.4, -0.2) is 41.8 Å². The van der Waals surface area contributed by atoms with E-state index >= 15 is 0 Å². The fraction of sp³-hybridized carbons (Fsp3) is 0.417. The predicted octanol–water partition coefficient (Wildman–Crippen LogP) is 5.44. The van der Waals surface area contributed by atoms with Gasteiger partial charge in [-0.2, -0.15) is 15.0 Å². The topological polar surface area (TPSA) is 86.1 Å². The second-order valence-corrected chi connectivity index (χ2v) is 11.5. The molecular weight excluding hydrogens is 504 g/mol. The minimum Gasteiger partial charge on any atom is -0.497 e. The molecule has 0 spiro atoms. The highest BCUT2D eigenvalue weighted by Gasteiger charge is 2.35. The highest BCUT2D eigenvalue weighted by Crippen LogP contribution is 2.32. The van der Waals surface area contributed by atoms with E-state index in [9.17, 15) is 8.42 Å². The zero-order valence-corrected chi connectivity index (χ0v) is 22.0. The van der Waals surface area contributed by atoms with Gasteiger partial charge in [0.05, 0.1) is 18.4 Å². The lowest BCUT2D eigenvalue weighted by molar-refractivity contribution is 0.415. The minimum absolute atomic E-state index is 0.0330. The number of hydrogen-bond donors (Lipinski definition) is 1. The summed E-state index contributed by atoms with van der Waals surface area (Å²) in [6, 6.07) is 16.2. The minimum atomic E-state index is -2.94. The number of rotatable bonds is 7. The third kappa shape index (κ3) is 6.88. The second-order valence-electron chi connectivity index (χ2n) is 8.57. The second kappa shape index (κ2) is 10.8. The van der Waals surface area contributed by atoms with E-state index in [2.05, 4.69) is 40.6 Å². The first-order valence-corrected chi connectivity index (χ1v) is 13.3. The van der Waals surface area contributed by atoms with Crippen molar-refractivity contribution in [1.29, 1.82) is 0 Å². The smallest absolute Gasteiger partial charge is 0.214 e. The number of ether oxygens (including phenoxy) is 1. The standard InChI is InChI=1S/C18H18BrN3O.C6H13NO2S/c1-12(2)22-20-17(13-7-9-16(23-3)10-8-13)18(21-22)14-5-4-6-15(19)11-14;1-5(2)7-10(8,9)6-3-4-6/h4-12H,1-3H3;5-7H,3-4H2,1-2H3. The van der Waals surface area contributed by atoms with Crippen molar-refractivity contribution in [2.24, 2.45) is 0 Å². The molecule has 3 aromatic rings. The zero-order valence-electron chi connectivity index (χ0n) is 19.6. The van der Waals surface area contributed by atoms with Crippen molar-refractivity contribution in [1.82, 2.24) is 19.7 Å². The monoisotopic (exact) mass is 534 g/mol. The van der Waals surface area contributed by atoms with Gasteiger partial charge in [0.15, 0.2) is 0 Å². The Morgan fingerprint density at radius 2 is 1.61 bits per heavy atom. The molecule has 9 heteroatoms. The van der Waals surface area contributed by atoms with Crippen LogP contribution in [0.1, 0.15) is 46.6 Å². The van der Waals surface area contributed by atoms with Gasteiger partial charge in [0.25, 0.3) is 0 Å². The van der Waals surface area contributed by atoms with Crippen LogP contribution in [-0.2, 0) is 10.0 Å². The first-order chi connectivity index (χ1) is 15.6. The van der Waals surface area contributed by atoms with Crippen LogP contribution in [0.3, 0.4) is 0 Å². The third-order valence-corrected chi connectivity index (χ3v) is 7.56. The molecule has 2 aromatic carbocycles. The van der Waals surface area contributed by atoms with Gasteiger partial charge in [-0.1, -0.05) is 28.1 Å². The van der Waals surface area contributed by atoms with Gasteiger partial charge in [0.2, 0.25) is 10.0 Å². The molecule has 1 saturated carbocycles. The Morgan fingerprint density at radius 3 is 2.09 bits per heavy atom. The summed E-state index contributed by atoms with van der Waals surface area (Å²) >= 11 is 3.52. The molecule has 178 valence electrons. The lowest BCUT2D eigenvalue weighted by Crippen LogP contribution is -2.32. The molecular formula is C24H31BrN4O3S. The van der Waals surface area contributed by atoms with E-state index in [1.165, 1.54) is 0 Å². The summed E-state index contributed by atoms with van der Waals surface area (Å²) in [5.41, 5.74) is 3.81. The Labute approximate surface area is 204 Å². The van der Waals surface area contributed by atoms with Gasteiger partial charge in [-0.3, -0.25) is 0 Å². The summed E-state index contributed by atoms with van der Waals surface area (Å²) in [7, 11) is -1.27. The first-order valence-electron chi connectivity index (χ1n) is 11.0. The highest BCUT2D eigenvalue weighted by molar-refractivity contribution is 9.10. The number of nitrogens with zero attached hydrogens (tertiary/aromatic N) is 3.